The van der Waals surface area contributed by atoms with Gasteiger partial charge in [-0.15, -0.1) is 0 Å². The molecule has 1 heterocycles. The van der Waals surface area contributed by atoms with Gasteiger partial charge in [-0.2, -0.15) is 0 Å². The molecule has 1 aromatic carbocycles. The van der Waals surface area contributed by atoms with Crippen LogP contribution in [0.15, 0.2) is 12.3 Å². The number of pyridine rings is 1. The molecule has 0 atom stereocenters. The first-order valence-corrected chi connectivity index (χ1v) is 6.33. The van der Waals surface area contributed by atoms with Crippen molar-refractivity contribution in [3.8, 4) is 11.1 Å². The van der Waals surface area contributed by atoms with Crippen molar-refractivity contribution in [3.05, 3.63) is 45.2 Å². The van der Waals surface area contributed by atoms with Crippen LogP contribution in [-0.2, 0) is 0 Å². The fraction of sp³-hybridized carbons (Fsp3) is 0.0769. The van der Waals surface area contributed by atoms with E-state index in [2.05, 4.69) is 4.98 Å². The molecule has 0 radical (unpaired) electrons. The fourth-order valence-electron chi connectivity index (χ4n) is 1.85. The summed E-state index contributed by atoms with van der Waals surface area (Å²) in [6.07, 6.45) is 0.657. The van der Waals surface area contributed by atoms with Crippen LogP contribution in [0.2, 0.25) is 10.0 Å². The fourth-order valence-corrected chi connectivity index (χ4v) is 2.24. The van der Waals surface area contributed by atoms with Crippen molar-refractivity contribution in [2.24, 2.45) is 0 Å². The lowest BCUT2D eigenvalue weighted by atomic mass is 9.99. The number of hydrogen-bond donors (Lipinski definition) is 2. The lowest BCUT2D eigenvalue weighted by Crippen LogP contribution is -2.09. The molecule has 0 unspecified atom stereocenters. The Morgan fingerprint density at radius 1 is 1.38 bits per heavy atom. The van der Waals surface area contributed by atoms with E-state index in [1.165, 1.54) is 6.92 Å². The number of nitrogen functional groups attached to an aromatic ring is 1. The zero-order chi connectivity index (χ0) is 15.9. The van der Waals surface area contributed by atoms with E-state index >= 15 is 0 Å². The summed E-state index contributed by atoms with van der Waals surface area (Å²) in [7, 11) is 0. The third-order valence-corrected chi connectivity index (χ3v) is 3.80. The quantitative estimate of drug-likeness (QED) is 0.817. The van der Waals surface area contributed by atoms with Gasteiger partial charge in [0.05, 0.1) is 21.9 Å². The van der Waals surface area contributed by atoms with Crippen LogP contribution >= 0.6 is 23.2 Å². The van der Waals surface area contributed by atoms with E-state index in [-0.39, 0.29) is 26.7 Å². The lowest BCUT2D eigenvalue weighted by Gasteiger charge is -2.13. The van der Waals surface area contributed by atoms with Crippen LogP contribution in [0.25, 0.3) is 11.1 Å². The van der Waals surface area contributed by atoms with Gasteiger partial charge in [0.25, 0.3) is 0 Å². The van der Waals surface area contributed by atoms with Gasteiger partial charge in [-0.1, -0.05) is 23.2 Å². The van der Waals surface area contributed by atoms with Crippen molar-refractivity contribution in [2.45, 2.75) is 6.92 Å². The van der Waals surface area contributed by atoms with Crippen molar-refractivity contribution in [1.82, 2.24) is 4.98 Å². The number of carbonyl (C=O) groups is 1. The maximum atomic E-state index is 14.3. The standard InChI is InChI=1S/C13H8Cl2F2N2O2/c1-4-9(15)6(14)2-5(10(4)17)8-11(18)7(16)3-19-12(8)13(20)21/h2-3H,1H3,(H2,18,19)(H,20,21). The molecule has 2 rings (SSSR count). The third-order valence-electron chi connectivity index (χ3n) is 2.92. The van der Waals surface area contributed by atoms with E-state index in [9.17, 15) is 13.6 Å². The molecule has 0 saturated carbocycles. The molecule has 0 saturated heterocycles. The van der Waals surface area contributed by atoms with Crippen molar-refractivity contribution in [2.75, 3.05) is 5.73 Å². The van der Waals surface area contributed by atoms with Crippen LogP contribution in [0.4, 0.5) is 14.5 Å². The molecule has 0 fully saturated rings. The number of rotatable bonds is 2. The van der Waals surface area contributed by atoms with Crippen molar-refractivity contribution in [3.63, 3.8) is 0 Å². The van der Waals surface area contributed by atoms with Crippen LogP contribution < -0.4 is 5.73 Å². The zero-order valence-corrected chi connectivity index (χ0v) is 12.1. The van der Waals surface area contributed by atoms with Gasteiger partial charge in [0, 0.05) is 16.7 Å². The minimum atomic E-state index is -1.47. The normalized spacial score (nSPS) is 10.7. The molecule has 1 aromatic heterocycles. The van der Waals surface area contributed by atoms with Crippen molar-refractivity contribution < 1.29 is 18.7 Å². The predicted octanol–water partition coefficient (Wildman–Crippen LogP) is 3.92. The van der Waals surface area contributed by atoms with Crippen LogP contribution in [0.1, 0.15) is 16.1 Å². The van der Waals surface area contributed by atoms with E-state index in [1.54, 1.807) is 0 Å². The molecule has 0 aliphatic heterocycles. The predicted molar refractivity (Wildman–Crippen MR) is 75.7 cm³/mol. The Bertz CT molecular complexity index is 767. The van der Waals surface area contributed by atoms with E-state index in [0.717, 1.165) is 6.07 Å². The van der Waals surface area contributed by atoms with Crippen LogP contribution in [0, 0.1) is 18.6 Å². The molecule has 0 spiro atoms. The van der Waals surface area contributed by atoms with E-state index in [0.29, 0.717) is 6.20 Å². The SMILES string of the molecule is Cc1c(F)c(-c2c(C(=O)O)ncc(F)c2N)cc(Cl)c1Cl. The number of anilines is 1. The van der Waals surface area contributed by atoms with Crippen LogP contribution in [-0.4, -0.2) is 16.1 Å². The average Bonchev–Trinajstić information content (AvgIpc) is 2.43. The summed E-state index contributed by atoms with van der Waals surface area (Å²) in [5, 5.41) is 9.08. The van der Waals surface area contributed by atoms with Gasteiger partial charge in [-0.3, -0.25) is 0 Å². The minimum Gasteiger partial charge on any atom is -0.476 e. The molecule has 2 aromatic rings. The van der Waals surface area contributed by atoms with Gasteiger partial charge in [0.15, 0.2) is 11.5 Å². The Balaban J connectivity index is 2.91. The molecule has 0 aliphatic rings. The molecule has 110 valence electrons. The maximum absolute atomic E-state index is 14.3. The maximum Gasteiger partial charge on any atom is 0.355 e. The monoisotopic (exact) mass is 332 g/mol. The topological polar surface area (TPSA) is 76.2 Å². The van der Waals surface area contributed by atoms with Gasteiger partial charge in [0.1, 0.15) is 5.82 Å². The average molecular weight is 333 g/mol. The third kappa shape index (κ3) is 2.52. The Morgan fingerprint density at radius 3 is 2.57 bits per heavy atom. The number of benzene rings is 1. The summed E-state index contributed by atoms with van der Waals surface area (Å²) < 4.78 is 27.9. The van der Waals surface area contributed by atoms with Gasteiger partial charge in [-0.05, 0) is 13.0 Å². The number of nitrogens with zero attached hydrogens (tertiary/aromatic N) is 1. The molecular weight excluding hydrogens is 325 g/mol. The smallest absolute Gasteiger partial charge is 0.355 e. The second-order valence-electron chi connectivity index (χ2n) is 4.21. The number of halogens is 4. The molecule has 21 heavy (non-hydrogen) atoms. The highest BCUT2D eigenvalue weighted by Gasteiger charge is 2.24. The molecule has 0 aliphatic carbocycles. The molecule has 0 bridgehead atoms. The summed E-state index contributed by atoms with van der Waals surface area (Å²) in [6, 6.07) is 1.09. The Hall–Kier alpha value is -1.92. The molecular formula is C13H8Cl2F2N2O2. The van der Waals surface area contributed by atoms with Crippen LogP contribution in [0.5, 0.6) is 0 Å². The Morgan fingerprint density at radius 2 is 2.00 bits per heavy atom. The molecule has 3 N–H and O–H groups in total. The first kappa shape index (κ1) is 15.5. The highest BCUT2D eigenvalue weighted by Crippen LogP contribution is 2.38. The Kier molecular flexibility index (Phi) is 4.02. The zero-order valence-electron chi connectivity index (χ0n) is 10.5. The van der Waals surface area contributed by atoms with Gasteiger partial charge in [-0.25, -0.2) is 18.6 Å². The number of aromatic nitrogens is 1. The van der Waals surface area contributed by atoms with Crippen molar-refractivity contribution in [1.29, 1.82) is 0 Å². The summed E-state index contributed by atoms with van der Waals surface area (Å²) >= 11 is 11.7. The van der Waals surface area contributed by atoms with E-state index in [1.807, 2.05) is 0 Å². The molecule has 0 amide bonds. The number of hydrogen-bond acceptors (Lipinski definition) is 3. The number of nitrogens with two attached hydrogens (primary N) is 1. The second-order valence-corrected chi connectivity index (χ2v) is 4.99. The van der Waals surface area contributed by atoms with Crippen LogP contribution in [0.3, 0.4) is 0 Å². The van der Waals surface area contributed by atoms with Gasteiger partial charge in [0.2, 0.25) is 0 Å². The summed E-state index contributed by atoms with van der Waals surface area (Å²) in [4.78, 5) is 14.6. The second kappa shape index (κ2) is 5.46. The minimum absolute atomic E-state index is 0.000772. The largest absolute Gasteiger partial charge is 0.476 e. The first-order valence-electron chi connectivity index (χ1n) is 5.57. The number of carboxylic acids is 1. The summed E-state index contributed by atoms with van der Waals surface area (Å²) in [5.41, 5.74) is 3.78. The summed E-state index contributed by atoms with van der Waals surface area (Å²) in [5.74, 6) is -3.27. The molecule has 4 nitrogen and oxygen atoms in total. The molecule has 8 heteroatoms. The highest BCUT2D eigenvalue weighted by molar-refractivity contribution is 6.42. The van der Waals surface area contributed by atoms with E-state index < -0.39 is 29.0 Å². The number of carboxylic acid groups (broad SMARTS) is 1. The Labute approximate surface area is 128 Å². The van der Waals surface area contributed by atoms with Gasteiger partial charge < -0.3 is 10.8 Å². The highest BCUT2D eigenvalue weighted by atomic mass is 35.5. The van der Waals surface area contributed by atoms with E-state index in [4.69, 9.17) is 34.0 Å². The van der Waals surface area contributed by atoms with Gasteiger partial charge >= 0.3 is 5.97 Å². The lowest BCUT2D eigenvalue weighted by molar-refractivity contribution is 0.0691. The summed E-state index contributed by atoms with van der Waals surface area (Å²) in [6.45, 7) is 1.36. The number of aromatic carboxylic acids is 1. The van der Waals surface area contributed by atoms with Crippen molar-refractivity contribution >= 4 is 34.9 Å². The first-order chi connectivity index (χ1) is 9.75.